The summed E-state index contributed by atoms with van der Waals surface area (Å²) in [5.41, 5.74) is 0.314. The van der Waals surface area contributed by atoms with Gasteiger partial charge < -0.3 is 4.74 Å². The summed E-state index contributed by atoms with van der Waals surface area (Å²) >= 11 is 0. The second-order valence-corrected chi connectivity index (χ2v) is 4.67. The van der Waals surface area contributed by atoms with E-state index >= 15 is 0 Å². The molecular formula is C14H17NO2. The van der Waals surface area contributed by atoms with Gasteiger partial charge in [0.15, 0.2) is 5.78 Å². The van der Waals surface area contributed by atoms with E-state index in [1.165, 1.54) is 6.92 Å². The van der Waals surface area contributed by atoms with Crippen LogP contribution >= 0.6 is 0 Å². The fourth-order valence-corrected chi connectivity index (χ4v) is 1.27. The number of ketones is 1. The highest BCUT2D eigenvalue weighted by Crippen LogP contribution is 2.20. The molecule has 0 amide bonds. The van der Waals surface area contributed by atoms with E-state index in [1.54, 1.807) is 24.3 Å². The maximum atomic E-state index is 11.1. The van der Waals surface area contributed by atoms with Crippen molar-refractivity contribution in [1.29, 1.82) is 5.26 Å². The van der Waals surface area contributed by atoms with Crippen molar-refractivity contribution in [3.8, 4) is 11.8 Å². The van der Waals surface area contributed by atoms with Gasteiger partial charge in [-0.3, -0.25) is 4.79 Å². The van der Waals surface area contributed by atoms with Crippen molar-refractivity contribution in [3.63, 3.8) is 0 Å². The first-order chi connectivity index (χ1) is 7.94. The van der Waals surface area contributed by atoms with Crippen LogP contribution in [0.25, 0.3) is 0 Å². The number of hydrogen-bond donors (Lipinski definition) is 0. The Morgan fingerprint density at radius 2 is 1.94 bits per heavy atom. The van der Waals surface area contributed by atoms with Gasteiger partial charge in [-0.2, -0.15) is 5.26 Å². The summed E-state index contributed by atoms with van der Waals surface area (Å²) in [6.07, 6.45) is 0.679. The van der Waals surface area contributed by atoms with E-state index < -0.39 is 0 Å². The number of carbonyl (C=O) groups excluding carboxylic acids is 1. The van der Waals surface area contributed by atoms with Crippen molar-refractivity contribution in [3.05, 3.63) is 29.8 Å². The molecule has 1 aromatic rings. The van der Waals surface area contributed by atoms with E-state index in [1.807, 2.05) is 13.8 Å². The molecule has 0 heterocycles. The van der Waals surface area contributed by atoms with E-state index in [-0.39, 0.29) is 11.2 Å². The van der Waals surface area contributed by atoms with Crippen molar-refractivity contribution in [1.82, 2.24) is 0 Å². The van der Waals surface area contributed by atoms with E-state index in [2.05, 4.69) is 6.07 Å². The number of ether oxygens (including phenoxy) is 1. The molecule has 0 saturated heterocycles. The Bertz CT molecular complexity index is 427. The maximum absolute atomic E-state index is 11.1. The van der Waals surface area contributed by atoms with Crippen LogP contribution in [0.15, 0.2) is 24.3 Å². The molecule has 0 bridgehead atoms. The first-order valence-electron chi connectivity index (χ1n) is 5.60. The van der Waals surface area contributed by atoms with Gasteiger partial charge in [-0.1, -0.05) is 0 Å². The average molecular weight is 231 g/mol. The van der Waals surface area contributed by atoms with Gasteiger partial charge in [0.25, 0.3) is 0 Å². The molecule has 0 fully saturated rings. The molecule has 0 atom stereocenters. The van der Waals surface area contributed by atoms with Gasteiger partial charge in [-0.25, -0.2) is 0 Å². The molecule has 0 unspecified atom stereocenters. The highest BCUT2D eigenvalue weighted by molar-refractivity contribution is 5.94. The smallest absolute Gasteiger partial charge is 0.159 e. The lowest BCUT2D eigenvalue weighted by atomic mass is 9.92. The molecule has 0 aliphatic carbocycles. The number of nitrogens with zero attached hydrogens (tertiary/aromatic N) is 1. The van der Waals surface area contributed by atoms with Gasteiger partial charge in [0, 0.05) is 5.56 Å². The third-order valence-corrected chi connectivity index (χ3v) is 2.56. The van der Waals surface area contributed by atoms with Crippen LogP contribution in [-0.4, -0.2) is 12.4 Å². The predicted octanol–water partition coefficient (Wildman–Crippen LogP) is 3.21. The summed E-state index contributed by atoms with van der Waals surface area (Å²) in [5.74, 6) is 0.769. The fraction of sp³-hybridized carbons (Fsp3) is 0.429. The molecule has 0 aromatic heterocycles. The Hall–Kier alpha value is -1.82. The fourth-order valence-electron chi connectivity index (χ4n) is 1.27. The summed E-state index contributed by atoms with van der Waals surface area (Å²) in [4.78, 5) is 11.1. The molecule has 0 aliphatic rings. The third kappa shape index (κ3) is 4.28. The Kier molecular flexibility index (Phi) is 4.28. The standard InChI is InChI=1S/C14H17NO2/c1-11(16)12-4-6-13(7-5-12)17-9-8-14(2,3)10-15/h4-7H,8-9H2,1-3H3. The summed E-state index contributed by atoms with van der Waals surface area (Å²) in [6.45, 7) is 5.80. The molecule has 0 spiro atoms. The first-order valence-corrected chi connectivity index (χ1v) is 5.60. The molecule has 0 radical (unpaired) electrons. The van der Waals surface area contributed by atoms with Crippen molar-refractivity contribution in [2.45, 2.75) is 27.2 Å². The van der Waals surface area contributed by atoms with Crippen LogP contribution in [0.4, 0.5) is 0 Å². The SMILES string of the molecule is CC(=O)c1ccc(OCCC(C)(C)C#N)cc1. The molecule has 1 aromatic carbocycles. The summed E-state index contributed by atoms with van der Waals surface area (Å²) in [5, 5.41) is 8.85. The minimum atomic E-state index is -0.362. The second-order valence-electron chi connectivity index (χ2n) is 4.67. The van der Waals surface area contributed by atoms with E-state index in [9.17, 15) is 4.79 Å². The van der Waals surface area contributed by atoms with Gasteiger partial charge in [-0.05, 0) is 51.5 Å². The average Bonchev–Trinajstić information content (AvgIpc) is 2.29. The summed E-state index contributed by atoms with van der Waals surface area (Å²) in [6, 6.07) is 9.26. The van der Waals surface area contributed by atoms with Crippen LogP contribution in [0.3, 0.4) is 0 Å². The summed E-state index contributed by atoms with van der Waals surface area (Å²) < 4.78 is 5.52. The van der Waals surface area contributed by atoms with Gasteiger partial charge in [0.2, 0.25) is 0 Å². The van der Waals surface area contributed by atoms with Crippen LogP contribution in [0, 0.1) is 16.7 Å². The highest BCUT2D eigenvalue weighted by atomic mass is 16.5. The maximum Gasteiger partial charge on any atom is 0.159 e. The monoisotopic (exact) mass is 231 g/mol. The number of carbonyl (C=O) groups is 1. The Morgan fingerprint density at radius 3 is 2.41 bits per heavy atom. The van der Waals surface area contributed by atoms with E-state index in [0.717, 1.165) is 5.75 Å². The topological polar surface area (TPSA) is 50.1 Å². The molecule has 90 valence electrons. The van der Waals surface area contributed by atoms with Gasteiger partial charge in [0.05, 0.1) is 18.1 Å². The molecule has 1 rings (SSSR count). The predicted molar refractivity (Wildman–Crippen MR) is 66.0 cm³/mol. The van der Waals surface area contributed by atoms with Crippen LogP contribution in [0.5, 0.6) is 5.75 Å². The van der Waals surface area contributed by atoms with E-state index in [0.29, 0.717) is 18.6 Å². The van der Waals surface area contributed by atoms with Crippen molar-refractivity contribution < 1.29 is 9.53 Å². The lowest BCUT2D eigenvalue weighted by Gasteiger charge is -2.15. The molecule has 0 saturated carbocycles. The lowest BCUT2D eigenvalue weighted by Crippen LogP contribution is -2.13. The molecule has 0 N–H and O–H groups in total. The number of hydrogen-bond acceptors (Lipinski definition) is 3. The molecule has 3 heteroatoms. The number of Topliss-reactive ketones (excluding diaryl/α,β-unsaturated/α-hetero) is 1. The Labute approximate surface area is 102 Å². The zero-order chi connectivity index (χ0) is 12.9. The van der Waals surface area contributed by atoms with Crippen LogP contribution in [0.2, 0.25) is 0 Å². The molecule has 3 nitrogen and oxygen atoms in total. The number of nitriles is 1. The zero-order valence-corrected chi connectivity index (χ0v) is 10.5. The van der Waals surface area contributed by atoms with Crippen molar-refractivity contribution >= 4 is 5.78 Å². The summed E-state index contributed by atoms with van der Waals surface area (Å²) in [7, 11) is 0. The Balaban J connectivity index is 2.49. The number of rotatable bonds is 5. The van der Waals surface area contributed by atoms with Gasteiger partial charge in [-0.15, -0.1) is 0 Å². The van der Waals surface area contributed by atoms with Crippen LogP contribution < -0.4 is 4.74 Å². The van der Waals surface area contributed by atoms with Crippen molar-refractivity contribution in [2.75, 3.05) is 6.61 Å². The first kappa shape index (κ1) is 13.2. The van der Waals surface area contributed by atoms with Gasteiger partial charge >= 0.3 is 0 Å². The largest absolute Gasteiger partial charge is 0.494 e. The van der Waals surface area contributed by atoms with Crippen molar-refractivity contribution in [2.24, 2.45) is 5.41 Å². The van der Waals surface area contributed by atoms with Crippen LogP contribution in [-0.2, 0) is 0 Å². The molecule has 0 aliphatic heterocycles. The lowest BCUT2D eigenvalue weighted by molar-refractivity contribution is 0.101. The van der Waals surface area contributed by atoms with Crippen LogP contribution in [0.1, 0.15) is 37.6 Å². The minimum absolute atomic E-state index is 0.0437. The molecule has 17 heavy (non-hydrogen) atoms. The minimum Gasteiger partial charge on any atom is -0.494 e. The van der Waals surface area contributed by atoms with E-state index in [4.69, 9.17) is 10.00 Å². The zero-order valence-electron chi connectivity index (χ0n) is 10.5. The normalized spacial score (nSPS) is 10.7. The quantitative estimate of drug-likeness (QED) is 0.731. The molecular weight excluding hydrogens is 214 g/mol. The van der Waals surface area contributed by atoms with Gasteiger partial charge in [0.1, 0.15) is 5.75 Å². The second kappa shape index (κ2) is 5.49. The Morgan fingerprint density at radius 1 is 1.35 bits per heavy atom. The highest BCUT2D eigenvalue weighted by Gasteiger charge is 2.16. The number of benzene rings is 1. The third-order valence-electron chi connectivity index (χ3n) is 2.56.